The zero-order valence-electron chi connectivity index (χ0n) is 13.2. The number of likely N-dealkylation sites (tertiary alicyclic amines) is 1. The molecule has 1 aromatic heterocycles. The minimum absolute atomic E-state index is 0.0941. The van der Waals surface area contributed by atoms with E-state index in [1.54, 1.807) is 17.0 Å². The Bertz CT molecular complexity index is 737. The SMILES string of the molecule is Cc1ccc(O[C@@H]2CCN(C(=O)Cc3ccc(F)cc3F)C2)nn1. The second-order valence-corrected chi connectivity index (χ2v) is 5.79. The standard InChI is InChI=1S/C17H17F2N3O2/c1-11-2-5-16(21-20-11)24-14-6-7-22(10-14)17(23)8-12-3-4-13(18)9-15(12)19/h2-5,9,14H,6-8,10H2,1H3/t14-/m1/s1. The third kappa shape index (κ3) is 3.84. The molecule has 3 rings (SSSR count). The summed E-state index contributed by atoms with van der Waals surface area (Å²) in [7, 11) is 0. The Morgan fingerprint density at radius 1 is 1.29 bits per heavy atom. The first-order chi connectivity index (χ1) is 11.5. The molecule has 1 amide bonds. The van der Waals surface area contributed by atoms with Gasteiger partial charge in [-0.25, -0.2) is 8.78 Å². The fourth-order valence-corrected chi connectivity index (χ4v) is 2.61. The number of amides is 1. The maximum absolute atomic E-state index is 13.6. The average molecular weight is 333 g/mol. The van der Waals surface area contributed by atoms with E-state index in [0.717, 1.165) is 17.8 Å². The van der Waals surface area contributed by atoms with Crippen LogP contribution < -0.4 is 4.74 Å². The molecule has 0 radical (unpaired) electrons. The van der Waals surface area contributed by atoms with E-state index in [1.165, 1.54) is 6.07 Å². The van der Waals surface area contributed by atoms with Gasteiger partial charge in [-0.05, 0) is 24.6 Å². The van der Waals surface area contributed by atoms with Crippen LogP contribution >= 0.6 is 0 Å². The smallest absolute Gasteiger partial charge is 0.233 e. The molecule has 1 aliphatic rings. The fraction of sp³-hybridized carbons (Fsp3) is 0.353. The first-order valence-electron chi connectivity index (χ1n) is 7.70. The number of carbonyl (C=O) groups is 1. The number of nitrogens with zero attached hydrogens (tertiary/aromatic N) is 3. The molecule has 1 aliphatic heterocycles. The number of carbonyl (C=O) groups excluding carboxylic acids is 1. The fourth-order valence-electron chi connectivity index (χ4n) is 2.61. The maximum Gasteiger partial charge on any atom is 0.233 e. The van der Waals surface area contributed by atoms with Crippen LogP contribution in [0.15, 0.2) is 30.3 Å². The number of halogens is 2. The van der Waals surface area contributed by atoms with Crippen LogP contribution in [0.5, 0.6) is 5.88 Å². The van der Waals surface area contributed by atoms with E-state index < -0.39 is 11.6 Å². The lowest BCUT2D eigenvalue weighted by atomic mass is 10.1. The van der Waals surface area contributed by atoms with Gasteiger partial charge in [0.1, 0.15) is 17.7 Å². The number of ether oxygens (including phenoxy) is 1. The van der Waals surface area contributed by atoms with E-state index in [9.17, 15) is 13.6 Å². The van der Waals surface area contributed by atoms with Crippen molar-refractivity contribution in [2.24, 2.45) is 0 Å². The molecule has 24 heavy (non-hydrogen) atoms. The summed E-state index contributed by atoms with van der Waals surface area (Å²) in [6.07, 6.45) is 0.417. The van der Waals surface area contributed by atoms with E-state index in [1.807, 2.05) is 6.92 Å². The van der Waals surface area contributed by atoms with Crippen LogP contribution in [0.3, 0.4) is 0 Å². The Hall–Kier alpha value is -2.57. The number of aromatic nitrogens is 2. The molecular formula is C17H17F2N3O2. The number of hydrogen-bond donors (Lipinski definition) is 0. The van der Waals surface area contributed by atoms with Crippen molar-refractivity contribution in [1.82, 2.24) is 15.1 Å². The Kier molecular flexibility index (Phi) is 4.69. The highest BCUT2D eigenvalue weighted by molar-refractivity contribution is 5.79. The van der Waals surface area contributed by atoms with Crippen molar-refractivity contribution in [2.45, 2.75) is 25.9 Å². The van der Waals surface area contributed by atoms with Gasteiger partial charge in [-0.15, -0.1) is 5.10 Å². The van der Waals surface area contributed by atoms with Gasteiger partial charge in [0.25, 0.3) is 0 Å². The van der Waals surface area contributed by atoms with Gasteiger partial charge in [-0.3, -0.25) is 4.79 Å². The summed E-state index contributed by atoms with van der Waals surface area (Å²) in [4.78, 5) is 13.9. The van der Waals surface area contributed by atoms with Crippen LogP contribution in [-0.2, 0) is 11.2 Å². The Morgan fingerprint density at radius 3 is 2.83 bits per heavy atom. The topological polar surface area (TPSA) is 55.3 Å². The summed E-state index contributed by atoms with van der Waals surface area (Å²) < 4.78 is 32.3. The molecule has 0 unspecified atom stereocenters. The van der Waals surface area contributed by atoms with Gasteiger partial charge < -0.3 is 9.64 Å². The highest BCUT2D eigenvalue weighted by atomic mass is 19.1. The van der Waals surface area contributed by atoms with Gasteiger partial charge in [0, 0.05) is 25.1 Å². The molecule has 0 spiro atoms. The van der Waals surface area contributed by atoms with E-state index in [-0.39, 0.29) is 24.0 Å². The van der Waals surface area contributed by atoms with Crippen LogP contribution in [0.25, 0.3) is 0 Å². The summed E-state index contributed by atoms with van der Waals surface area (Å²) in [6.45, 7) is 2.78. The number of rotatable bonds is 4. The highest BCUT2D eigenvalue weighted by Gasteiger charge is 2.28. The van der Waals surface area contributed by atoms with Crippen molar-refractivity contribution >= 4 is 5.91 Å². The van der Waals surface area contributed by atoms with Gasteiger partial charge >= 0.3 is 0 Å². The van der Waals surface area contributed by atoms with Gasteiger partial charge in [-0.2, -0.15) is 5.10 Å². The molecule has 0 N–H and O–H groups in total. The molecule has 1 atom stereocenters. The second-order valence-electron chi connectivity index (χ2n) is 5.79. The lowest BCUT2D eigenvalue weighted by Gasteiger charge is -2.17. The van der Waals surface area contributed by atoms with E-state index in [4.69, 9.17) is 4.74 Å². The minimum Gasteiger partial charge on any atom is -0.471 e. The van der Waals surface area contributed by atoms with Crippen molar-refractivity contribution in [3.8, 4) is 5.88 Å². The third-order valence-corrected chi connectivity index (χ3v) is 3.92. The van der Waals surface area contributed by atoms with Crippen molar-refractivity contribution < 1.29 is 18.3 Å². The van der Waals surface area contributed by atoms with E-state index in [0.29, 0.717) is 25.4 Å². The van der Waals surface area contributed by atoms with Crippen LogP contribution in [-0.4, -0.2) is 40.2 Å². The van der Waals surface area contributed by atoms with Crippen LogP contribution in [0.2, 0.25) is 0 Å². The molecule has 0 aliphatic carbocycles. The zero-order chi connectivity index (χ0) is 17.1. The molecule has 2 heterocycles. The molecule has 7 heteroatoms. The third-order valence-electron chi connectivity index (χ3n) is 3.92. The quantitative estimate of drug-likeness (QED) is 0.861. The predicted molar refractivity (Wildman–Crippen MR) is 82.4 cm³/mol. The lowest BCUT2D eigenvalue weighted by Crippen LogP contribution is -2.32. The summed E-state index contributed by atoms with van der Waals surface area (Å²) in [5.74, 6) is -1.14. The maximum atomic E-state index is 13.6. The largest absolute Gasteiger partial charge is 0.471 e. The van der Waals surface area contributed by atoms with Crippen LogP contribution in [0, 0.1) is 18.6 Å². The zero-order valence-corrected chi connectivity index (χ0v) is 13.2. The van der Waals surface area contributed by atoms with E-state index in [2.05, 4.69) is 10.2 Å². The van der Waals surface area contributed by atoms with Crippen molar-refractivity contribution in [3.63, 3.8) is 0 Å². The van der Waals surface area contributed by atoms with Crippen LogP contribution in [0.1, 0.15) is 17.7 Å². The molecule has 0 saturated carbocycles. The Labute approximate surface area is 138 Å². The normalized spacial score (nSPS) is 17.1. The predicted octanol–water partition coefficient (Wildman–Crippen LogP) is 2.29. The number of aryl methyl sites for hydroxylation is 1. The Morgan fingerprint density at radius 2 is 2.12 bits per heavy atom. The lowest BCUT2D eigenvalue weighted by molar-refractivity contribution is -0.129. The van der Waals surface area contributed by atoms with Crippen molar-refractivity contribution in [2.75, 3.05) is 13.1 Å². The van der Waals surface area contributed by atoms with Crippen LogP contribution in [0.4, 0.5) is 8.78 Å². The summed E-state index contributed by atoms with van der Waals surface area (Å²) in [5, 5.41) is 7.86. The first-order valence-corrected chi connectivity index (χ1v) is 7.70. The molecule has 126 valence electrons. The molecule has 1 fully saturated rings. The van der Waals surface area contributed by atoms with Crippen molar-refractivity contribution in [1.29, 1.82) is 0 Å². The number of benzene rings is 1. The molecule has 1 aromatic carbocycles. The average Bonchev–Trinajstić information content (AvgIpc) is 3.01. The number of hydrogen-bond acceptors (Lipinski definition) is 4. The minimum atomic E-state index is -0.703. The van der Waals surface area contributed by atoms with Gasteiger partial charge in [-0.1, -0.05) is 6.07 Å². The molecular weight excluding hydrogens is 316 g/mol. The monoisotopic (exact) mass is 333 g/mol. The highest BCUT2D eigenvalue weighted by Crippen LogP contribution is 2.18. The van der Waals surface area contributed by atoms with Gasteiger partial charge in [0.2, 0.25) is 11.8 Å². The van der Waals surface area contributed by atoms with Crippen molar-refractivity contribution in [3.05, 3.63) is 53.2 Å². The van der Waals surface area contributed by atoms with E-state index >= 15 is 0 Å². The molecule has 0 bridgehead atoms. The first kappa shape index (κ1) is 16.3. The molecule has 1 saturated heterocycles. The Balaban J connectivity index is 1.56. The summed E-state index contributed by atoms with van der Waals surface area (Å²) in [6, 6.07) is 6.78. The summed E-state index contributed by atoms with van der Waals surface area (Å²) in [5.41, 5.74) is 0.988. The molecule has 2 aromatic rings. The molecule has 5 nitrogen and oxygen atoms in total. The second kappa shape index (κ2) is 6.90. The van der Waals surface area contributed by atoms with Gasteiger partial charge in [0.05, 0.1) is 18.7 Å². The van der Waals surface area contributed by atoms with Gasteiger partial charge in [0.15, 0.2) is 0 Å². The summed E-state index contributed by atoms with van der Waals surface area (Å²) >= 11 is 0.